The third kappa shape index (κ3) is 4.91. The smallest absolute Gasteiger partial charge is 0.227 e. The van der Waals surface area contributed by atoms with Crippen LogP contribution in [0.25, 0.3) is 0 Å². The minimum Gasteiger partial charge on any atom is -0.379 e. The lowest BCUT2D eigenvalue weighted by Crippen LogP contribution is -2.37. The maximum atomic E-state index is 12.2. The Labute approximate surface area is 138 Å². The largest absolute Gasteiger partial charge is 0.379 e. The van der Waals surface area contributed by atoms with Crippen molar-refractivity contribution < 1.29 is 9.53 Å². The van der Waals surface area contributed by atoms with Crippen LogP contribution >= 0.6 is 0 Å². The van der Waals surface area contributed by atoms with Gasteiger partial charge in [-0.15, -0.1) is 0 Å². The molecule has 3 rings (SSSR count). The van der Waals surface area contributed by atoms with Gasteiger partial charge in [-0.1, -0.05) is 24.3 Å². The second kappa shape index (κ2) is 8.27. The molecular weight excluding hydrogens is 288 g/mol. The lowest BCUT2D eigenvalue weighted by atomic mass is 9.93. The van der Waals surface area contributed by atoms with Crippen molar-refractivity contribution in [3.63, 3.8) is 0 Å². The summed E-state index contributed by atoms with van der Waals surface area (Å²) >= 11 is 0. The van der Waals surface area contributed by atoms with E-state index in [2.05, 4.69) is 34.5 Å². The molecule has 1 aromatic rings. The van der Waals surface area contributed by atoms with E-state index in [0.717, 1.165) is 64.2 Å². The van der Waals surface area contributed by atoms with Crippen LogP contribution in [0.3, 0.4) is 0 Å². The highest BCUT2D eigenvalue weighted by Crippen LogP contribution is 2.20. The highest BCUT2D eigenvalue weighted by atomic mass is 16.5. The van der Waals surface area contributed by atoms with Gasteiger partial charge in [-0.2, -0.15) is 0 Å². The highest BCUT2D eigenvalue weighted by molar-refractivity contribution is 5.92. The maximum Gasteiger partial charge on any atom is 0.227 e. The SMILES string of the molecule is O=C(Nc1ccc(CCN2CCOCC2)cc1)[C@@H]1CC=CCC1. The molecular formula is C19H26N2O2. The van der Waals surface area contributed by atoms with E-state index in [9.17, 15) is 4.79 Å². The third-order valence-corrected chi connectivity index (χ3v) is 4.68. The maximum absolute atomic E-state index is 12.2. The molecule has 0 unspecified atom stereocenters. The number of rotatable bonds is 5. The van der Waals surface area contributed by atoms with Gasteiger partial charge in [0.25, 0.3) is 0 Å². The molecule has 4 nitrogen and oxygen atoms in total. The van der Waals surface area contributed by atoms with Crippen molar-refractivity contribution in [2.45, 2.75) is 25.7 Å². The predicted molar refractivity (Wildman–Crippen MR) is 92.5 cm³/mol. The number of anilines is 1. The molecule has 0 saturated carbocycles. The van der Waals surface area contributed by atoms with Crippen LogP contribution in [0, 0.1) is 5.92 Å². The molecule has 0 radical (unpaired) electrons. The predicted octanol–water partition coefficient (Wildman–Crippen LogP) is 2.86. The standard InChI is InChI=1S/C19H26N2O2/c22-19(17-4-2-1-3-5-17)20-18-8-6-16(7-9-18)10-11-21-12-14-23-15-13-21/h1-2,6-9,17H,3-5,10-15H2,(H,20,22)/t17-/m1/s1. The van der Waals surface area contributed by atoms with Crippen molar-refractivity contribution in [2.75, 3.05) is 38.2 Å². The molecule has 1 N–H and O–H groups in total. The molecule has 1 atom stereocenters. The van der Waals surface area contributed by atoms with Gasteiger partial charge in [-0.05, 0) is 43.4 Å². The number of carbonyl (C=O) groups excluding carboxylic acids is 1. The van der Waals surface area contributed by atoms with E-state index in [1.54, 1.807) is 0 Å². The Morgan fingerprint density at radius 1 is 1.17 bits per heavy atom. The van der Waals surface area contributed by atoms with Crippen LogP contribution in [0.4, 0.5) is 5.69 Å². The van der Waals surface area contributed by atoms with E-state index in [1.165, 1.54) is 5.56 Å². The summed E-state index contributed by atoms with van der Waals surface area (Å²) in [6.45, 7) is 4.83. The first-order valence-corrected chi connectivity index (χ1v) is 8.66. The summed E-state index contributed by atoms with van der Waals surface area (Å²) in [5.41, 5.74) is 2.22. The van der Waals surface area contributed by atoms with E-state index in [4.69, 9.17) is 4.74 Å². The van der Waals surface area contributed by atoms with Crippen molar-refractivity contribution >= 4 is 11.6 Å². The Morgan fingerprint density at radius 3 is 2.65 bits per heavy atom. The summed E-state index contributed by atoms with van der Waals surface area (Å²) in [6, 6.07) is 8.28. The minimum absolute atomic E-state index is 0.126. The first kappa shape index (κ1) is 16.2. The zero-order chi connectivity index (χ0) is 15.9. The number of carbonyl (C=O) groups is 1. The van der Waals surface area contributed by atoms with Crippen molar-refractivity contribution in [3.8, 4) is 0 Å². The van der Waals surface area contributed by atoms with Crippen LogP contribution in [0.15, 0.2) is 36.4 Å². The fourth-order valence-corrected chi connectivity index (χ4v) is 3.14. The molecule has 1 saturated heterocycles. The Kier molecular flexibility index (Phi) is 5.83. The summed E-state index contributed by atoms with van der Waals surface area (Å²) < 4.78 is 5.37. The van der Waals surface area contributed by atoms with Crippen LogP contribution in [-0.2, 0) is 16.0 Å². The molecule has 2 aliphatic rings. The van der Waals surface area contributed by atoms with E-state index in [0.29, 0.717) is 0 Å². The van der Waals surface area contributed by atoms with E-state index in [-0.39, 0.29) is 11.8 Å². The molecule has 0 aromatic heterocycles. The number of allylic oxidation sites excluding steroid dienone is 2. The van der Waals surface area contributed by atoms with Crippen molar-refractivity contribution in [3.05, 3.63) is 42.0 Å². The van der Waals surface area contributed by atoms with Gasteiger partial charge in [0.2, 0.25) is 5.91 Å². The molecule has 1 fully saturated rings. The molecule has 1 aromatic carbocycles. The summed E-state index contributed by atoms with van der Waals surface area (Å²) in [5, 5.41) is 3.04. The number of amides is 1. The van der Waals surface area contributed by atoms with Crippen molar-refractivity contribution in [2.24, 2.45) is 5.92 Å². The normalized spacial score (nSPS) is 22.0. The van der Waals surface area contributed by atoms with E-state index in [1.807, 2.05) is 12.1 Å². The number of hydrogen-bond donors (Lipinski definition) is 1. The summed E-state index contributed by atoms with van der Waals surface area (Å²) in [7, 11) is 0. The molecule has 1 aliphatic heterocycles. The van der Waals surface area contributed by atoms with Gasteiger partial charge in [-0.3, -0.25) is 9.69 Å². The topological polar surface area (TPSA) is 41.6 Å². The molecule has 1 heterocycles. The first-order chi connectivity index (χ1) is 11.3. The highest BCUT2D eigenvalue weighted by Gasteiger charge is 2.18. The molecule has 1 amide bonds. The molecule has 124 valence electrons. The lowest BCUT2D eigenvalue weighted by Gasteiger charge is -2.26. The molecule has 1 aliphatic carbocycles. The fourth-order valence-electron chi connectivity index (χ4n) is 3.14. The second-order valence-electron chi connectivity index (χ2n) is 6.37. The number of morpholine rings is 1. The van der Waals surface area contributed by atoms with Gasteiger partial charge in [-0.25, -0.2) is 0 Å². The van der Waals surface area contributed by atoms with E-state index < -0.39 is 0 Å². The molecule has 0 spiro atoms. The Hall–Kier alpha value is -1.65. The first-order valence-electron chi connectivity index (χ1n) is 8.66. The van der Waals surface area contributed by atoms with Crippen LogP contribution in [0.5, 0.6) is 0 Å². The summed E-state index contributed by atoms with van der Waals surface area (Å²) in [4.78, 5) is 14.7. The van der Waals surface area contributed by atoms with Crippen molar-refractivity contribution in [1.29, 1.82) is 0 Å². The quantitative estimate of drug-likeness (QED) is 0.850. The zero-order valence-electron chi connectivity index (χ0n) is 13.7. The van der Waals surface area contributed by atoms with Crippen LogP contribution < -0.4 is 5.32 Å². The van der Waals surface area contributed by atoms with E-state index >= 15 is 0 Å². The zero-order valence-corrected chi connectivity index (χ0v) is 13.7. The monoisotopic (exact) mass is 314 g/mol. The minimum atomic E-state index is 0.126. The Bertz CT molecular complexity index is 533. The van der Waals surface area contributed by atoms with Crippen LogP contribution in [0.1, 0.15) is 24.8 Å². The number of benzene rings is 1. The second-order valence-corrected chi connectivity index (χ2v) is 6.37. The van der Waals surface area contributed by atoms with Gasteiger partial charge < -0.3 is 10.1 Å². The van der Waals surface area contributed by atoms with Crippen LogP contribution in [-0.4, -0.2) is 43.7 Å². The van der Waals surface area contributed by atoms with Gasteiger partial charge in [0, 0.05) is 31.2 Å². The molecule has 23 heavy (non-hydrogen) atoms. The molecule has 0 bridgehead atoms. The van der Waals surface area contributed by atoms with Crippen LogP contribution in [0.2, 0.25) is 0 Å². The van der Waals surface area contributed by atoms with Gasteiger partial charge in [0.05, 0.1) is 13.2 Å². The third-order valence-electron chi connectivity index (χ3n) is 4.68. The Balaban J connectivity index is 1.46. The summed E-state index contributed by atoms with van der Waals surface area (Å²) in [6.07, 6.45) is 8.15. The lowest BCUT2D eigenvalue weighted by molar-refractivity contribution is -0.120. The number of nitrogens with one attached hydrogen (secondary N) is 1. The average Bonchev–Trinajstić information content (AvgIpc) is 2.63. The Morgan fingerprint density at radius 2 is 1.96 bits per heavy atom. The number of ether oxygens (including phenoxy) is 1. The number of nitrogens with zero attached hydrogens (tertiary/aromatic N) is 1. The summed E-state index contributed by atoms with van der Waals surface area (Å²) in [5.74, 6) is 0.274. The fraction of sp³-hybridized carbons (Fsp3) is 0.526. The van der Waals surface area contributed by atoms with Gasteiger partial charge >= 0.3 is 0 Å². The number of hydrogen-bond acceptors (Lipinski definition) is 3. The van der Waals surface area contributed by atoms with Crippen molar-refractivity contribution in [1.82, 2.24) is 4.90 Å². The van der Waals surface area contributed by atoms with Gasteiger partial charge in [0.15, 0.2) is 0 Å². The average molecular weight is 314 g/mol. The molecule has 4 heteroatoms. The van der Waals surface area contributed by atoms with Gasteiger partial charge in [0.1, 0.15) is 0 Å².